The van der Waals surface area contributed by atoms with Crippen LogP contribution in [0.15, 0.2) is 30.3 Å². The second kappa shape index (κ2) is 8.57. The number of carbonyl (C=O) groups is 2. The van der Waals surface area contributed by atoms with Crippen molar-refractivity contribution in [1.82, 2.24) is 4.90 Å². The third-order valence-electron chi connectivity index (χ3n) is 5.81. The fourth-order valence-electron chi connectivity index (χ4n) is 4.35. The minimum absolute atomic E-state index is 0.00399. The lowest BCUT2D eigenvalue weighted by Gasteiger charge is -2.45. The number of urea groups is 1. The van der Waals surface area contributed by atoms with Crippen LogP contribution in [-0.4, -0.2) is 77.8 Å². The standard InChI is InChI=1S/C20H29N3O5/c1-14(2)17(23(20(21)26)8-10-27-11-9-23)18(24)22-13-28-19(25)16(22)12-15-6-4-3-5-7-15/h3-7,14,16-17,19,25H,8-13H2,1-2H3,(H-,21,26)/p+1/t16-,17?,19?/m0/s1. The van der Waals surface area contributed by atoms with Crippen molar-refractivity contribution in [2.24, 2.45) is 11.7 Å². The van der Waals surface area contributed by atoms with Gasteiger partial charge in [0.25, 0.3) is 5.91 Å². The van der Waals surface area contributed by atoms with Gasteiger partial charge in [0.1, 0.15) is 19.8 Å². The maximum atomic E-state index is 13.6. The Morgan fingerprint density at radius 1 is 1.25 bits per heavy atom. The van der Waals surface area contributed by atoms with Crippen LogP contribution in [0.1, 0.15) is 19.4 Å². The molecule has 3 rings (SSSR count). The van der Waals surface area contributed by atoms with Gasteiger partial charge in [-0.1, -0.05) is 44.2 Å². The van der Waals surface area contributed by atoms with Gasteiger partial charge in [0, 0.05) is 5.92 Å². The van der Waals surface area contributed by atoms with Crippen molar-refractivity contribution in [1.29, 1.82) is 0 Å². The number of hydrogen-bond acceptors (Lipinski definition) is 5. The third-order valence-corrected chi connectivity index (χ3v) is 5.81. The molecule has 8 heteroatoms. The largest absolute Gasteiger partial charge is 0.414 e. The number of nitrogens with zero attached hydrogens (tertiary/aromatic N) is 2. The van der Waals surface area contributed by atoms with E-state index in [9.17, 15) is 14.7 Å². The minimum Gasteiger partial charge on any atom is -0.370 e. The number of hydrogen-bond donors (Lipinski definition) is 2. The number of rotatable bonds is 5. The van der Waals surface area contributed by atoms with Crippen molar-refractivity contribution in [2.45, 2.75) is 38.6 Å². The summed E-state index contributed by atoms with van der Waals surface area (Å²) < 4.78 is 10.7. The molecule has 0 radical (unpaired) electrons. The van der Waals surface area contributed by atoms with Gasteiger partial charge in [0.15, 0.2) is 12.3 Å². The van der Waals surface area contributed by atoms with Gasteiger partial charge in [0.2, 0.25) is 0 Å². The first-order valence-electron chi connectivity index (χ1n) is 9.75. The molecule has 1 aromatic rings. The summed E-state index contributed by atoms with van der Waals surface area (Å²) in [5.41, 5.74) is 6.79. The van der Waals surface area contributed by atoms with E-state index in [2.05, 4.69) is 0 Å². The number of aliphatic hydroxyl groups excluding tert-OH is 1. The Morgan fingerprint density at radius 3 is 2.46 bits per heavy atom. The number of quaternary nitrogens is 1. The number of aliphatic hydroxyl groups is 1. The smallest absolute Gasteiger partial charge is 0.370 e. The second-order valence-electron chi connectivity index (χ2n) is 7.87. The normalized spacial score (nSPS) is 25.6. The zero-order valence-electron chi connectivity index (χ0n) is 16.5. The van der Waals surface area contributed by atoms with E-state index >= 15 is 0 Å². The van der Waals surface area contributed by atoms with Gasteiger partial charge in [0.05, 0.1) is 19.3 Å². The number of morpholine rings is 1. The number of primary amides is 1. The fraction of sp³-hybridized carbons (Fsp3) is 0.600. The highest BCUT2D eigenvalue weighted by molar-refractivity contribution is 5.84. The lowest BCUT2D eigenvalue weighted by Crippen LogP contribution is -2.71. The molecular weight excluding hydrogens is 362 g/mol. The number of ether oxygens (including phenoxy) is 2. The summed E-state index contributed by atoms with van der Waals surface area (Å²) in [7, 11) is 0. The Bertz CT molecular complexity index is 690. The molecule has 8 nitrogen and oxygen atoms in total. The van der Waals surface area contributed by atoms with Gasteiger partial charge in [-0.15, -0.1) is 0 Å². The molecule has 0 spiro atoms. The first kappa shape index (κ1) is 20.7. The minimum atomic E-state index is -1.07. The van der Waals surface area contributed by atoms with E-state index < -0.39 is 24.4 Å². The lowest BCUT2D eigenvalue weighted by atomic mass is 9.96. The SMILES string of the molecule is CC(C)C(C(=O)N1COC(O)[C@@H]1Cc1ccccc1)[N+]1(C(N)=O)CCOCC1. The molecule has 0 saturated carbocycles. The molecule has 1 aromatic carbocycles. The molecule has 2 aliphatic heterocycles. The van der Waals surface area contributed by atoms with E-state index in [0.29, 0.717) is 32.7 Å². The summed E-state index contributed by atoms with van der Waals surface area (Å²) in [5, 5.41) is 10.3. The van der Waals surface area contributed by atoms with E-state index in [-0.39, 0.29) is 23.0 Å². The highest BCUT2D eigenvalue weighted by Crippen LogP contribution is 2.29. The lowest BCUT2D eigenvalue weighted by molar-refractivity contribution is -0.877. The highest BCUT2D eigenvalue weighted by Gasteiger charge is 2.53. The van der Waals surface area contributed by atoms with Crippen LogP contribution in [0, 0.1) is 5.92 Å². The summed E-state index contributed by atoms with van der Waals surface area (Å²) in [4.78, 5) is 27.6. The van der Waals surface area contributed by atoms with E-state index in [0.717, 1.165) is 5.56 Å². The molecular formula is C20H30N3O5+. The Morgan fingerprint density at radius 2 is 1.89 bits per heavy atom. The van der Waals surface area contributed by atoms with Crippen molar-refractivity contribution in [3.8, 4) is 0 Å². The second-order valence-corrected chi connectivity index (χ2v) is 7.87. The van der Waals surface area contributed by atoms with Crippen molar-refractivity contribution in [3.05, 3.63) is 35.9 Å². The predicted molar refractivity (Wildman–Crippen MR) is 102 cm³/mol. The van der Waals surface area contributed by atoms with E-state index in [1.54, 1.807) is 4.90 Å². The molecule has 28 heavy (non-hydrogen) atoms. The number of benzene rings is 1. The molecule has 2 unspecified atom stereocenters. The Hall–Kier alpha value is -2.00. The molecule has 154 valence electrons. The number of nitrogens with two attached hydrogens (primary N) is 1. The average molecular weight is 392 g/mol. The molecule has 2 saturated heterocycles. The van der Waals surface area contributed by atoms with Crippen LogP contribution in [0.4, 0.5) is 4.79 Å². The Labute approximate surface area is 165 Å². The average Bonchev–Trinajstić information content (AvgIpc) is 3.03. The van der Waals surface area contributed by atoms with E-state index in [1.807, 2.05) is 44.2 Å². The van der Waals surface area contributed by atoms with E-state index in [4.69, 9.17) is 15.2 Å². The van der Waals surface area contributed by atoms with Gasteiger partial charge in [-0.2, -0.15) is 0 Å². The zero-order valence-corrected chi connectivity index (χ0v) is 16.5. The van der Waals surface area contributed by atoms with Crippen molar-refractivity contribution < 1.29 is 28.7 Å². The highest BCUT2D eigenvalue weighted by atomic mass is 16.6. The maximum absolute atomic E-state index is 13.6. The van der Waals surface area contributed by atoms with Crippen LogP contribution >= 0.6 is 0 Å². The van der Waals surface area contributed by atoms with Gasteiger partial charge in [-0.05, 0) is 12.0 Å². The molecule has 3 amide bonds. The number of carbonyl (C=O) groups excluding carboxylic acids is 2. The molecule has 2 fully saturated rings. The molecule has 2 aliphatic rings. The van der Waals surface area contributed by atoms with E-state index in [1.165, 1.54) is 0 Å². The van der Waals surface area contributed by atoms with Crippen LogP contribution < -0.4 is 5.73 Å². The van der Waals surface area contributed by atoms with Crippen molar-refractivity contribution in [2.75, 3.05) is 33.0 Å². The molecule has 0 bridgehead atoms. The predicted octanol–water partition coefficient (Wildman–Crippen LogP) is 0.683. The van der Waals surface area contributed by atoms with Gasteiger partial charge < -0.3 is 25.2 Å². The zero-order chi connectivity index (χ0) is 20.3. The van der Waals surface area contributed by atoms with Gasteiger partial charge in [-0.3, -0.25) is 4.79 Å². The van der Waals surface area contributed by atoms with Crippen LogP contribution in [0.3, 0.4) is 0 Å². The van der Waals surface area contributed by atoms with Crippen LogP contribution in [0.5, 0.6) is 0 Å². The van der Waals surface area contributed by atoms with Crippen LogP contribution in [0.2, 0.25) is 0 Å². The van der Waals surface area contributed by atoms with Crippen LogP contribution in [0.25, 0.3) is 0 Å². The van der Waals surface area contributed by atoms with Crippen molar-refractivity contribution >= 4 is 11.9 Å². The summed E-state index contributed by atoms with van der Waals surface area (Å²) in [6.45, 7) is 5.32. The summed E-state index contributed by atoms with van der Waals surface area (Å²) in [5.74, 6) is -0.332. The summed E-state index contributed by atoms with van der Waals surface area (Å²) >= 11 is 0. The topological polar surface area (TPSA) is 102 Å². The van der Waals surface area contributed by atoms with Crippen LogP contribution in [-0.2, 0) is 20.7 Å². The van der Waals surface area contributed by atoms with Crippen molar-refractivity contribution in [3.63, 3.8) is 0 Å². The first-order valence-corrected chi connectivity index (χ1v) is 9.75. The first-order chi connectivity index (χ1) is 13.4. The third kappa shape index (κ3) is 3.91. The Kier molecular flexibility index (Phi) is 6.34. The fourth-order valence-corrected chi connectivity index (χ4v) is 4.35. The molecule has 3 N–H and O–H groups in total. The molecule has 3 atom stereocenters. The molecule has 2 heterocycles. The van der Waals surface area contributed by atoms with Gasteiger partial charge >= 0.3 is 6.03 Å². The molecule has 0 aliphatic carbocycles. The monoisotopic (exact) mass is 392 g/mol. The number of amides is 3. The summed E-state index contributed by atoms with van der Waals surface area (Å²) in [6, 6.07) is 7.99. The van der Waals surface area contributed by atoms with Gasteiger partial charge in [-0.25, -0.2) is 9.28 Å². The maximum Gasteiger partial charge on any atom is 0.414 e. The molecule has 0 aromatic heterocycles. The Balaban J connectivity index is 1.88. The summed E-state index contributed by atoms with van der Waals surface area (Å²) in [6.07, 6.45) is -0.596. The quantitative estimate of drug-likeness (QED) is 0.718.